The Morgan fingerprint density at radius 2 is 2.06 bits per heavy atom. The Balaban J connectivity index is 2.48. The summed E-state index contributed by atoms with van der Waals surface area (Å²) in [6.07, 6.45) is 3.73. The third-order valence-electron chi connectivity index (χ3n) is 3.26. The van der Waals surface area contributed by atoms with Crippen molar-refractivity contribution in [3.05, 3.63) is 29.3 Å². The molecule has 1 aromatic rings. The number of carbonyl (C=O) groups excluding carboxylic acids is 1. The van der Waals surface area contributed by atoms with Gasteiger partial charge in [0.15, 0.2) is 0 Å². The lowest BCUT2D eigenvalue weighted by Crippen LogP contribution is -2.10. The Kier molecular flexibility index (Phi) is 5.20. The molecule has 0 aliphatic rings. The maximum atomic E-state index is 10.9. The monoisotopic (exact) mass is 234 g/mol. The molecule has 0 saturated heterocycles. The van der Waals surface area contributed by atoms with Gasteiger partial charge in [-0.05, 0) is 49.3 Å². The first-order chi connectivity index (χ1) is 8.04. The van der Waals surface area contributed by atoms with Crippen molar-refractivity contribution in [1.82, 2.24) is 0 Å². The zero-order valence-electron chi connectivity index (χ0n) is 10.9. The van der Waals surface area contributed by atoms with E-state index < -0.39 is 0 Å². The molecule has 2 heteroatoms. The second-order valence-electron chi connectivity index (χ2n) is 5.07. The zero-order chi connectivity index (χ0) is 12.8. The quantitative estimate of drug-likeness (QED) is 0.765. The summed E-state index contributed by atoms with van der Waals surface area (Å²) in [6, 6.07) is 5.76. The average molecular weight is 234 g/mol. The van der Waals surface area contributed by atoms with Crippen molar-refractivity contribution in [3.8, 4) is 5.75 Å². The summed E-state index contributed by atoms with van der Waals surface area (Å²) in [7, 11) is 0. The Labute approximate surface area is 104 Å². The molecule has 1 aromatic carbocycles. The van der Waals surface area contributed by atoms with Crippen LogP contribution in [0.5, 0.6) is 5.75 Å². The average Bonchev–Trinajstić information content (AvgIpc) is 2.26. The normalized spacial score (nSPS) is 12.7. The Morgan fingerprint density at radius 3 is 2.59 bits per heavy atom. The van der Waals surface area contributed by atoms with Crippen molar-refractivity contribution in [2.75, 3.05) is 0 Å². The molecule has 2 nitrogen and oxygen atoms in total. The number of phenolic OH excluding ortho intramolecular Hbond substituents is 1. The van der Waals surface area contributed by atoms with Gasteiger partial charge in [-0.3, -0.25) is 0 Å². The fraction of sp³-hybridized carbons (Fsp3) is 0.533. The molecule has 94 valence electrons. The van der Waals surface area contributed by atoms with E-state index in [9.17, 15) is 9.90 Å². The van der Waals surface area contributed by atoms with Crippen molar-refractivity contribution >= 4 is 6.29 Å². The lowest BCUT2D eigenvalue weighted by molar-refractivity contribution is -0.112. The molecule has 0 fully saturated rings. The fourth-order valence-corrected chi connectivity index (χ4v) is 1.97. The minimum atomic E-state index is 0.141. The molecule has 0 aliphatic heterocycles. The van der Waals surface area contributed by atoms with E-state index in [1.54, 1.807) is 6.07 Å². The van der Waals surface area contributed by atoms with E-state index in [1.807, 2.05) is 19.1 Å². The minimum absolute atomic E-state index is 0.141. The first-order valence-corrected chi connectivity index (χ1v) is 6.28. The molecule has 17 heavy (non-hydrogen) atoms. The SMILES string of the molecule is Cc1ccc(CCCC(C=O)C(C)C)c(O)c1. The van der Waals surface area contributed by atoms with E-state index in [2.05, 4.69) is 13.8 Å². The summed E-state index contributed by atoms with van der Waals surface area (Å²) >= 11 is 0. The van der Waals surface area contributed by atoms with Crippen LogP contribution in [0.1, 0.15) is 37.8 Å². The summed E-state index contributed by atoms with van der Waals surface area (Å²) < 4.78 is 0. The summed E-state index contributed by atoms with van der Waals surface area (Å²) in [4.78, 5) is 10.9. The van der Waals surface area contributed by atoms with E-state index in [-0.39, 0.29) is 5.92 Å². The number of aryl methyl sites for hydroxylation is 2. The predicted molar refractivity (Wildman–Crippen MR) is 70.2 cm³/mol. The number of aldehydes is 1. The number of aromatic hydroxyl groups is 1. The van der Waals surface area contributed by atoms with Gasteiger partial charge in [0.25, 0.3) is 0 Å². The second-order valence-corrected chi connectivity index (χ2v) is 5.07. The standard InChI is InChI=1S/C15H22O2/c1-11(2)14(10-16)6-4-5-13-8-7-12(3)9-15(13)17/h7-11,14,17H,4-6H2,1-3H3. The van der Waals surface area contributed by atoms with Crippen LogP contribution in [0.3, 0.4) is 0 Å². The predicted octanol–water partition coefficient (Wildman–Crippen LogP) is 3.49. The first-order valence-electron chi connectivity index (χ1n) is 6.28. The van der Waals surface area contributed by atoms with E-state index in [0.717, 1.165) is 36.7 Å². The third kappa shape index (κ3) is 4.22. The van der Waals surface area contributed by atoms with Gasteiger partial charge in [-0.25, -0.2) is 0 Å². The van der Waals surface area contributed by atoms with Crippen molar-refractivity contribution in [2.24, 2.45) is 11.8 Å². The van der Waals surface area contributed by atoms with E-state index in [1.165, 1.54) is 0 Å². The van der Waals surface area contributed by atoms with Crippen molar-refractivity contribution in [3.63, 3.8) is 0 Å². The molecular formula is C15H22O2. The number of rotatable bonds is 6. The number of benzene rings is 1. The molecule has 0 saturated carbocycles. The molecule has 1 rings (SSSR count). The van der Waals surface area contributed by atoms with Crippen LogP contribution in [0.4, 0.5) is 0 Å². The van der Waals surface area contributed by atoms with Crippen LogP contribution in [0, 0.1) is 18.8 Å². The maximum absolute atomic E-state index is 10.9. The Bertz CT molecular complexity index is 369. The topological polar surface area (TPSA) is 37.3 Å². The summed E-state index contributed by atoms with van der Waals surface area (Å²) in [5, 5.41) is 9.75. The van der Waals surface area contributed by atoms with Crippen LogP contribution < -0.4 is 0 Å². The van der Waals surface area contributed by atoms with Crippen molar-refractivity contribution < 1.29 is 9.90 Å². The largest absolute Gasteiger partial charge is 0.508 e. The maximum Gasteiger partial charge on any atom is 0.123 e. The minimum Gasteiger partial charge on any atom is -0.508 e. The lowest BCUT2D eigenvalue weighted by Gasteiger charge is -2.14. The molecule has 0 spiro atoms. The van der Waals surface area contributed by atoms with Crippen LogP contribution in [0.15, 0.2) is 18.2 Å². The second kappa shape index (κ2) is 6.43. The van der Waals surface area contributed by atoms with Gasteiger partial charge in [0, 0.05) is 5.92 Å². The number of hydrogen-bond acceptors (Lipinski definition) is 2. The number of phenols is 1. The number of carbonyl (C=O) groups is 1. The molecule has 0 heterocycles. The molecule has 1 atom stereocenters. The molecular weight excluding hydrogens is 212 g/mol. The zero-order valence-corrected chi connectivity index (χ0v) is 10.9. The smallest absolute Gasteiger partial charge is 0.123 e. The highest BCUT2D eigenvalue weighted by molar-refractivity contribution is 5.53. The molecule has 0 bridgehead atoms. The highest BCUT2D eigenvalue weighted by Gasteiger charge is 2.12. The molecule has 0 radical (unpaired) electrons. The Morgan fingerprint density at radius 1 is 1.35 bits per heavy atom. The van der Waals surface area contributed by atoms with Crippen LogP contribution in [-0.2, 0) is 11.2 Å². The summed E-state index contributed by atoms with van der Waals surface area (Å²) in [6.45, 7) is 6.11. The van der Waals surface area contributed by atoms with Gasteiger partial charge >= 0.3 is 0 Å². The highest BCUT2D eigenvalue weighted by atomic mass is 16.3. The Hall–Kier alpha value is -1.31. The first kappa shape index (κ1) is 13.8. The van der Waals surface area contributed by atoms with E-state index in [4.69, 9.17) is 0 Å². The van der Waals surface area contributed by atoms with Crippen molar-refractivity contribution in [1.29, 1.82) is 0 Å². The van der Waals surface area contributed by atoms with Gasteiger partial charge < -0.3 is 9.90 Å². The van der Waals surface area contributed by atoms with Crippen molar-refractivity contribution in [2.45, 2.75) is 40.0 Å². The van der Waals surface area contributed by atoms with Gasteiger partial charge in [0.2, 0.25) is 0 Å². The highest BCUT2D eigenvalue weighted by Crippen LogP contribution is 2.22. The molecule has 1 unspecified atom stereocenters. The molecule has 0 aliphatic carbocycles. The fourth-order valence-electron chi connectivity index (χ4n) is 1.97. The lowest BCUT2D eigenvalue weighted by atomic mass is 9.91. The van der Waals surface area contributed by atoms with Gasteiger partial charge in [0.1, 0.15) is 12.0 Å². The van der Waals surface area contributed by atoms with E-state index >= 15 is 0 Å². The molecule has 1 N–H and O–H groups in total. The van der Waals surface area contributed by atoms with Crippen LogP contribution in [0.25, 0.3) is 0 Å². The van der Waals surface area contributed by atoms with E-state index in [0.29, 0.717) is 11.7 Å². The summed E-state index contributed by atoms with van der Waals surface area (Å²) in [5.41, 5.74) is 2.04. The molecule has 0 amide bonds. The van der Waals surface area contributed by atoms with Crippen LogP contribution in [-0.4, -0.2) is 11.4 Å². The van der Waals surface area contributed by atoms with Gasteiger partial charge in [-0.15, -0.1) is 0 Å². The van der Waals surface area contributed by atoms with Crippen LogP contribution >= 0.6 is 0 Å². The molecule has 0 aromatic heterocycles. The van der Waals surface area contributed by atoms with Gasteiger partial charge in [-0.1, -0.05) is 26.0 Å². The van der Waals surface area contributed by atoms with Crippen LogP contribution in [0.2, 0.25) is 0 Å². The third-order valence-corrected chi connectivity index (χ3v) is 3.26. The number of hydrogen-bond donors (Lipinski definition) is 1. The van der Waals surface area contributed by atoms with Gasteiger partial charge in [0.05, 0.1) is 0 Å². The van der Waals surface area contributed by atoms with Gasteiger partial charge in [-0.2, -0.15) is 0 Å². The summed E-state index contributed by atoms with van der Waals surface area (Å²) in [5.74, 6) is 0.916.